The van der Waals surface area contributed by atoms with Gasteiger partial charge >= 0.3 is 0 Å². The molecule has 0 unspecified atom stereocenters. The van der Waals surface area contributed by atoms with Crippen molar-refractivity contribution in [2.45, 2.75) is 45.8 Å². The second-order valence-corrected chi connectivity index (χ2v) is 5.41. The summed E-state index contributed by atoms with van der Waals surface area (Å²) in [5, 5.41) is 4.02. The molecule has 0 saturated carbocycles. The van der Waals surface area contributed by atoms with Crippen LogP contribution in [0.25, 0.3) is 0 Å². The SMILES string of the molecule is COC1CCN(Cc2nc(CC(C)C)no2)CC1. The molecule has 102 valence electrons. The highest BCUT2D eigenvalue weighted by molar-refractivity contribution is 4.88. The predicted octanol–water partition coefficient (Wildman–Crippen LogP) is 1.88. The lowest BCUT2D eigenvalue weighted by atomic mass is 10.1. The number of rotatable bonds is 5. The van der Waals surface area contributed by atoms with E-state index in [4.69, 9.17) is 9.26 Å². The second-order valence-electron chi connectivity index (χ2n) is 5.41. The van der Waals surface area contributed by atoms with E-state index in [2.05, 4.69) is 28.9 Å². The molecule has 18 heavy (non-hydrogen) atoms. The molecule has 1 saturated heterocycles. The van der Waals surface area contributed by atoms with E-state index >= 15 is 0 Å². The molecule has 0 aromatic carbocycles. The van der Waals surface area contributed by atoms with Gasteiger partial charge < -0.3 is 9.26 Å². The molecule has 0 amide bonds. The lowest BCUT2D eigenvalue weighted by Gasteiger charge is -2.29. The minimum absolute atomic E-state index is 0.417. The Hall–Kier alpha value is -0.940. The Labute approximate surface area is 108 Å². The average molecular weight is 253 g/mol. The molecule has 0 atom stereocenters. The monoisotopic (exact) mass is 253 g/mol. The Bertz CT molecular complexity index is 357. The average Bonchev–Trinajstić information content (AvgIpc) is 2.76. The van der Waals surface area contributed by atoms with E-state index in [0.717, 1.165) is 50.6 Å². The number of likely N-dealkylation sites (tertiary alicyclic amines) is 1. The molecule has 5 nitrogen and oxygen atoms in total. The van der Waals surface area contributed by atoms with E-state index in [0.29, 0.717) is 12.0 Å². The molecule has 2 heterocycles. The summed E-state index contributed by atoms with van der Waals surface area (Å²) in [6.45, 7) is 7.17. The number of nitrogens with zero attached hydrogens (tertiary/aromatic N) is 3. The van der Waals surface area contributed by atoms with Crippen molar-refractivity contribution in [3.8, 4) is 0 Å². The smallest absolute Gasteiger partial charge is 0.240 e. The number of piperidine rings is 1. The number of ether oxygens (including phenoxy) is 1. The molecule has 0 radical (unpaired) electrons. The molecule has 1 aromatic rings. The second kappa shape index (κ2) is 6.29. The van der Waals surface area contributed by atoms with Crippen molar-refractivity contribution in [1.29, 1.82) is 0 Å². The third kappa shape index (κ3) is 3.78. The molecular formula is C13H23N3O2. The van der Waals surface area contributed by atoms with E-state index in [1.165, 1.54) is 0 Å². The molecule has 5 heteroatoms. The topological polar surface area (TPSA) is 51.4 Å². The van der Waals surface area contributed by atoms with Gasteiger partial charge in [-0.25, -0.2) is 0 Å². The molecule has 0 bridgehead atoms. The van der Waals surface area contributed by atoms with Crippen LogP contribution in [0.2, 0.25) is 0 Å². The largest absolute Gasteiger partial charge is 0.381 e. The maximum absolute atomic E-state index is 5.36. The fourth-order valence-corrected chi connectivity index (χ4v) is 2.30. The molecule has 1 aromatic heterocycles. The summed E-state index contributed by atoms with van der Waals surface area (Å²) in [4.78, 5) is 6.78. The van der Waals surface area contributed by atoms with E-state index in [1.807, 2.05) is 0 Å². The van der Waals surface area contributed by atoms with Gasteiger partial charge in [0.1, 0.15) is 0 Å². The van der Waals surface area contributed by atoms with Gasteiger partial charge in [0.15, 0.2) is 5.82 Å². The summed E-state index contributed by atoms with van der Waals surface area (Å²) in [6.07, 6.45) is 3.47. The first-order valence-corrected chi connectivity index (χ1v) is 6.74. The van der Waals surface area contributed by atoms with Gasteiger partial charge in [-0.1, -0.05) is 19.0 Å². The highest BCUT2D eigenvalue weighted by Gasteiger charge is 2.20. The highest BCUT2D eigenvalue weighted by Crippen LogP contribution is 2.15. The van der Waals surface area contributed by atoms with Crippen molar-refractivity contribution in [3.63, 3.8) is 0 Å². The third-order valence-corrected chi connectivity index (χ3v) is 3.33. The number of hydrogen-bond acceptors (Lipinski definition) is 5. The van der Waals surface area contributed by atoms with Crippen molar-refractivity contribution in [1.82, 2.24) is 15.0 Å². The zero-order valence-electron chi connectivity index (χ0n) is 11.6. The molecule has 1 aliphatic rings. The maximum atomic E-state index is 5.36. The number of methoxy groups -OCH3 is 1. The van der Waals surface area contributed by atoms with E-state index in [1.54, 1.807) is 7.11 Å². The Kier molecular flexibility index (Phi) is 4.72. The standard InChI is InChI=1S/C13H23N3O2/c1-10(2)8-12-14-13(18-15-12)9-16-6-4-11(17-3)5-7-16/h10-11H,4-9H2,1-3H3. The van der Waals surface area contributed by atoms with Crippen LogP contribution in [-0.2, 0) is 17.7 Å². The fraction of sp³-hybridized carbons (Fsp3) is 0.846. The Balaban J connectivity index is 1.81. The molecular weight excluding hydrogens is 230 g/mol. The lowest BCUT2D eigenvalue weighted by molar-refractivity contribution is 0.0359. The first kappa shape index (κ1) is 13.5. The summed E-state index contributed by atoms with van der Waals surface area (Å²) >= 11 is 0. The number of aromatic nitrogens is 2. The quantitative estimate of drug-likeness (QED) is 0.802. The molecule has 2 rings (SSSR count). The molecule has 1 aliphatic heterocycles. The van der Waals surface area contributed by atoms with Crippen LogP contribution in [-0.4, -0.2) is 41.3 Å². The molecule has 0 spiro atoms. The van der Waals surface area contributed by atoms with E-state index < -0.39 is 0 Å². The zero-order valence-corrected chi connectivity index (χ0v) is 11.6. The van der Waals surface area contributed by atoms with Crippen molar-refractivity contribution in [3.05, 3.63) is 11.7 Å². The van der Waals surface area contributed by atoms with Crippen LogP contribution in [0.5, 0.6) is 0 Å². The van der Waals surface area contributed by atoms with E-state index in [-0.39, 0.29) is 0 Å². The van der Waals surface area contributed by atoms with Crippen LogP contribution in [0.3, 0.4) is 0 Å². The molecule has 0 N–H and O–H groups in total. The van der Waals surface area contributed by atoms with Crippen LogP contribution in [0.15, 0.2) is 4.52 Å². The molecule has 0 aliphatic carbocycles. The van der Waals surface area contributed by atoms with Gasteiger partial charge in [-0.15, -0.1) is 0 Å². The Morgan fingerprint density at radius 1 is 1.39 bits per heavy atom. The van der Waals surface area contributed by atoms with Gasteiger partial charge in [0.2, 0.25) is 5.89 Å². The first-order chi connectivity index (χ1) is 8.67. The van der Waals surface area contributed by atoms with Crippen molar-refractivity contribution in [2.24, 2.45) is 5.92 Å². The Morgan fingerprint density at radius 3 is 2.72 bits per heavy atom. The summed E-state index contributed by atoms with van der Waals surface area (Å²) in [5.74, 6) is 2.13. The van der Waals surface area contributed by atoms with Crippen LogP contribution in [0.4, 0.5) is 0 Å². The van der Waals surface area contributed by atoms with Crippen molar-refractivity contribution < 1.29 is 9.26 Å². The van der Waals surface area contributed by atoms with Gasteiger partial charge in [0, 0.05) is 26.6 Å². The first-order valence-electron chi connectivity index (χ1n) is 6.74. The summed E-state index contributed by atoms with van der Waals surface area (Å²) in [6, 6.07) is 0. The van der Waals surface area contributed by atoms with Crippen LogP contribution < -0.4 is 0 Å². The predicted molar refractivity (Wildman–Crippen MR) is 68.1 cm³/mol. The van der Waals surface area contributed by atoms with Gasteiger partial charge in [0.05, 0.1) is 12.6 Å². The normalized spacial score (nSPS) is 18.7. The van der Waals surface area contributed by atoms with E-state index in [9.17, 15) is 0 Å². The van der Waals surface area contributed by atoms with Gasteiger partial charge in [-0.05, 0) is 18.8 Å². The maximum Gasteiger partial charge on any atom is 0.240 e. The van der Waals surface area contributed by atoms with Crippen LogP contribution in [0.1, 0.15) is 38.4 Å². The Morgan fingerprint density at radius 2 is 2.11 bits per heavy atom. The van der Waals surface area contributed by atoms with Gasteiger partial charge in [-0.2, -0.15) is 4.98 Å². The lowest BCUT2D eigenvalue weighted by Crippen LogP contribution is -2.36. The zero-order chi connectivity index (χ0) is 13.0. The summed E-state index contributed by atoms with van der Waals surface area (Å²) < 4.78 is 10.6. The van der Waals surface area contributed by atoms with Crippen LogP contribution in [0, 0.1) is 5.92 Å². The fourth-order valence-electron chi connectivity index (χ4n) is 2.30. The van der Waals surface area contributed by atoms with Gasteiger partial charge in [0.25, 0.3) is 0 Å². The van der Waals surface area contributed by atoms with Gasteiger partial charge in [-0.3, -0.25) is 4.90 Å². The molecule has 1 fully saturated rings. The number of hydrogen-bond donors (Lipinski definition) is 0. The third-order valence-electron chi connectivity index (χ3n) is 3.33. The van der Waals surface area contributed by atoms with Crippen LogP contribution >= 0.6 is 0 Å². The minimum atomic E-state index is 0.417. The minimum Gasteiger partial charge on any atom is -0.381 e. The van der Waals surface area contributed by atoms with Crippen molar-refractivity contribution >= 4 is 0 Å². The summed E-state index contributed by atoms with van der Waals surface area (Å²) in [5.41, 5.74) is 0. The summed E-state index contributed by atoms with van der Waals surface area (Å²) in [7, 11) is 1.79. The van der Waals surface area contributed by atoms with Crippen molar-refractivity contribution in [2.75, 3.05) is 20.2 Å². The highest BCUT2D eigenvalue weighted by atomic mass is 16.5.